The number of esters is 1. The third-order valence-electron chi connectivity index (χ3n) is 4.87. The van der Waals surface area contributed by atoms with Gasteiger partial charge in [0.15, 0.2) is 0 Å². The Morgan fingerprint density at radius 2 is 1.86 bits per heavy atom. The van der Waals surface area contributed by atoms with E-state index < -0.39 is 6.04 Å². The van der Waals surface area contributed by atoms with Crippen LogP contribution < -0.4 is 5.73 Å². The molecule has 0 heterocycles. The molecule has 0 aliphatic heterocycles. The first kappa shape index (κ1) is 17.0. The van der Waals surface area contributed by atoms with E-state index in [9.17, 15) is 4.79 Å². The number of ether oxygens (including phenoxy) is 1. The highest BCUT2D eigenvalue weighted by atomic mass is 16.5. The third kappa shape index (κ3) is 3.89. The van der Waals surface area contributed by atoms with Crippen molar-refractivity contribution in [1.29, 1.82) is 0 Å². The van der Waals surface area contributed by atoms with E-state index in [1.165, 1.54) is 42.4 Å². The lowest BCUT2D eigenvalue weighted by Crippen LogP contribution is -2.35. The topological polar surface area (TPSA) is 52.3 Å². The summed E-state index contributed by atoms with van der Waals surface area (Å²) in [4.78, 5) is 11.9. The largest absolute Gasteiger partial charge is 0.461 e. The van der Waals surface area contributed by atoms with Crippen LogP contribution in [0.4, 0.5) is 0 Å². The van der Waals surface area contributed by atoms with Gasteiger partial charge in [0.25, 0.3) is 0 Å². The van der Waals surface area contributed by atoms with Crippen LogP contribution in [0.5, 0.6) is 0 Å². The summed E-state index contributed by atoms with van der Waals surface area (Å²) in [6.07, 6.45) is 4.86. The first-order valence-electron chi connectivity index (χ1n) is 8.43. The van der Waals surface area contributed by atoms with Crippen molar-refractivity contribution in [2.75, 3.05) is 0 Å². The maximum atomic E-state index is 11.9. The standard InChI is InChI=1S/C19H29NO2/c1-12-9-10-17(13(2)11-12)18(16-7-5-6-8-16)15(4)22-19(21)14(3)20/h9-11,14-16,18H,5-8,20H2,1-4H3/t14-,15-,18+/m0/s1. The second-order valence-electron chi connectivity index (χ2n) is 6.86. The average molecular weight is 303 g/mol. The first-order valence-corrected chi connectivity index (χ1v) is 8.43. The minimum atomic E-state index is -0.564. The van der Waals surface area contributed by atoms with Gasteiger partial charge in [-0.05, 0) is 57.6 Å². The maximum absolute atomic E-state index is 11.9. The number of benzene rings is 1. The summed E-state index contributed by atoms with van der Waals surface area (Å²) in [6.45, 7) is 7.96. The molecule has 3 heteroatoms. The van der Waals surface area contributed by atoms with Crippen molar-refractivity contribution in [1.82, 2.24) is 0 Å². The van der Waals surface area contributed by atoms with E-state index in [0.29, 0.717) is 5.92 Å². The minimum absolute atomic E-state index is 0.136. The molecular formula is C19H29NO2. The second-order valence-corrected chi connectivity index (χ2v) is 6.86. The molecule has 0 unspecified atom stereocenters. The van der Waals surface area contributed by atoms with E-state index in [1.54, 1.807) is 6.92 Å². The molecule has 1 aliphatic carbocycles. The molecule has 3 nitrogen and oxygen atoms in total. The Hall–Kier alpha value is -1.35. The van der Waals surface area contributed by atoms with E-state index >= 15 is 0 Å². The number of nitrogens with two attached hydrogens (primary N) is 1. The molecule has 0 amide bonds. The first-order chi connectivity index (χ1) is 10.4. The molecule has 2 N–H and O–H groups in total. The third-order valence-corrected chi connectivity index (χ3v) is 4.87. The fourth-order valence-electron chi connectivity index (χ4n) is 3.77. The van der Waals surface area contributed by atoms with Crippen LogP contribution in [0.25, 0.3) is 0 Å². The fraction of sp³-hybridized carbons (Fsp3) is 0.632. The number of carbonyl (C=O) groups is 1. The van der Waals surface area contributed by atoms with Crippen molar-refractivity contribution in [3.05, 3.63) is 34.9 Å². The Bertz CT molecular complexity index is 518. The Morgan fingerprint density at radius 3 is 2.41 bits per heavy atom. The zero-order valence-corrected chi connectivity index (χ0v) is 14.3. The van der Waals surface area contributed by atoms with E-state index in [1.807, 2.05) is 6.92 Å². The highest BCUT2D eigenvalue weighted by molar-refractivity contribution is 5.75. The van der Waals surface area contributed by atoms with Crippen LogP contribution >= 0.6 is 0 Å². The second kappa shape index (κ2) is 7.28. The number of rotatable bonds is 5. The molecule has 0 bridgehead atoms. The van der Waals surface area contributed by atoms with E-state index in [4.69, 9.17) is 10.5 Å². The smallest absolute Gasteiger partial charge is 0.322 e. The lowest BCUT2D eigenvalue weighted by Gasteiger charge is -2.31. The molecule has 122 valence electrons. The van der Waals surface area contributed by atoms with E-state index in [-0.39, 0.29) is 18.0 Å². The Morgan fingerprint density at radius 1 is 1.23 bits per heavy atom. The predicted octanol–water partition coefficient (Wildman–Crippen LogP) is 3.86. The lowest BCUT2D eigenvalue weighted by molar-refractivity contribution is -0.151. The summed E-state index contributed by atoms with van der Waals surface area (Å²) < 4.78 is 5.66. The van der Waals surface area contributed by atoms with Crippen molar-refractivity contribution in [2.24, 2.45) is 11.7 Å². The molecule has 1 fully saturated rings. The molecule has 1 aromatic carbocycles. The van der Waals surface area contributed by atoms with Crippen molar-refractivity contribution in [3.8, 4) is 0 Å². The van der Waals surface area contributed by atoms with Gasteiger partial charge in [0.05, 0.1) is 0 Å². The maximum Gasteiger partial charge on any atom is 0.322 e. The SMILES string of the molecule is Cc1ccc([C@@H](C2CCCC2)[C@H](C)OC(=O)[C@H](C)N)c(C)c1. The molecule has 1 aromatic rings. The van der Waals surface area contributed by atoms with Crippen LogP contribution in [0.1, 0.15) is 62.1 Å². The summed E-state index contributed by atoms with van der Waals surface area (Å²) in [7, 11) is 0. The van der Waals surface area contributed by atoms with Crippen molar-refractivity contribution in [3.63, 3.8) is 0 Å². The van der Waals surface area contributed by atoms with Crippen LogP contribution in [-0.4, -0.2) is 18.1 Å². The quantitative estimate of drug-likeness (QED) is 0.840. The normalized spacial score (nSPS) is 19.7. The molecule has 0 spiro atoms. The van der Waals surface area contributed by atoms with Crippen molar-refractivity contribution >= 4 is 5.97 Å². The number of aryl methyl sites for hydroxylation is 2. The fourth-order valence-corrected chi connectivity index (χ4v) is 3.77. The van der Waals surface area contributed by atoms with Gasteiger partial charge in [0, 0.05) is 5.92 Å². The Labute approximate surface area is 134 Å². The van der Waals surface area contributed by atoms with Gasteiger partial charge in [-0.3, -0.25) is 4.79 Å². The molecule has 1 saturated carbocycles. The molecule has 1 aliphatic rings. The Balaban J connectivity index is 2.27. The van der Waals surface area contributed by atoms with Crippen LogP contribution in [0.15, 0.2) is 18.2 Å². The van der Waals surface area contributed by atoms with Crippen LogP contribution in [0, 0.1) is 19.8 Å². The number of carbonyl (C=O) groups excluding carboxylic acids is 1. The molecule has 0 aromatic heterocycles. The van der Waals surface area contributed by atoms with Gasteiger partial charge in [-0.15, -0.1) is 0 Å². The summed E-state index contributed by atoms with van der Waals surface area (Å²) in [5.41, 5.74) is 9.54. The molecule has 0 radical (unpaired) electrons. The average Bonchev–Trinajstić information content (AvgIpc) is 2.95. The van der Waals surface area contributed by atoms with Crippen molar-refractivity contribution in [2.45, 2.75) is 71.4 Å². The van der Waals surface area contributed by atoms with Gasteiger partial charge in [-0.25, -0.2) is 0 Å². The van der Waals surface area contributed by atoms with Gasteiger partial charge in [-0.1, -0.05) is 36.6 Å². The minimum Gasteiger partial charge on any atom is -0.461 e. The molecule has 0 saturated heterocycles. The van der Waals surface area contributed by atoms with Gasteiger partial charge >= 0.3 is 5.97 Å². The van der Waals surface area contributed by atoms with Crippen LogP contribution in [0.3, 0.4) is 0 Å². The Kier molecular flexibility index (Phi) is 5.63. The molecular weight excluding hydrogens is 274 g/mol. The lowest BCUT2D eigenvalue weighted by atomic mass is 9.79. The summed E-state index contributed by atoms with van der Waals surface area (Å²) in [5, 5.41) is 0. The van der Waals surface area contributed by atoms with Gasteiger partial charge in [0.2, 0.25) is 0 Å². The molecule has 3 atom stereocenters. The summed E-state index contributed by atoms with van der Waals surface area (Å²) in [5.74, 6) is 0.559. The highest BCUT2D eigenvalue weighted by Gasteiger charge is 2.33. The molecule has 22 heavy (non-hydrogen) atoms. The van der Waals surface area contributed by atoms with Gasteiger partial charge in [0.1, 0.15) is 12.1 Å². The van der Waals surface area contributed by atoms with Crippen molar-refractivity contribution < 1.29 is 9.53 Å². The zero-order valence-electron chi connectivity index (χ0n) is 14.3. The predicted molar refractivity (Wildman–Crippen MR) is 89.8 cm³/mol. The monoisotopic (exact) mass is 303 g/mol. The van der Waals surface area contributed by atoms with E-state index in [0.717, 1.165) is 0 Å². The highest BCUT2D eigenvalue weighted by Crippen LogP contribution is 2.41. The van der Waals surface area contributed by atoms with E-state index in [2.05, 4.69) is 32.0 Å². The van der Waals surface area contributed by atoms with Crippen LogP contribution in [0.2, 0.25) is 0 Å². The summed E-state index contributed by atoms with van der Waals surface area (Å²) >= 11 is 0. The zero-order chi connectivity index (χ0) is 16.3. The number of hydrogen-bond acceptors (Lipinski definition) is 3. The van der Waals surface area contributed by atoms with Gasteiger partial charge < -0.3 is 10.5 Å². The summed E-state index contributed by atoms with van der Waals surface area (Å²) in [6, 6.07) is 6.02. The van der Waals surface area contributed by atoms with Crippen LogP contribution in [-0.2, 0) is 9.53 Å². The molecule has 2 rings (SSSR count). The number of hydrogen-bond donors (Lipinski definition) is 1. The van der Waals surface area contributed by atoms with Gasteiger partial charge in [-0.2, -0.15) is 0 Å².